The molecular weight excluding hydrogens is 377 g/mol. The molecule has 1 fully saturated rings. The van der Waals surface area contributed by atoms with Gasteiger partial charge in [0.25, 0.3) is 5.91 Å². The van der Waals surface area contributed by atoms with E-state index in [4.69, 9.17) is 4.74 Å². The molecule has 1 aliphatic rings. The lowest BCUT2D eigenvalue weighted by Gasteiger charge is -2.36. The molecule has 1 aromatic carbocycles. The number of morpholine rings is 1. The number of benzene rings is 1. The maximum absolute atomic E-state index is 13.2. The number of thiophene rings is 1. The minimum atomic E-state index is -0.337. The summed E-state index contributed by atoms with van der Waals surface area (Å²) < 4.78 is 19.2. The average Bonchev–Trinajstić information content (AvgIpc) is 3.18. The number of amides is 1. The molecule has 1 amide bonds. The predicted molar refractivity (Wildman–Crippen MR) is 110 cm³/mol. The maximum Gasteiger partial charge on any atom is 0.253 e. The lowest BCUT2D eigenvalue weighted by molar-refractivity contribution is -0.0430. The fourth-order valence-electron chi connectivity index (χ4n) is 3.27. The van der Waals surface area contributed by atoms with Gasteiger partial charge in [0, 0.05) is 49.7 Å². The average molecular weight is 406 g/mol. The summed E-state index contributed by atoms with van der Waals surface area (Å²) >= 11 is 1.76. The van der Waals surface area contributed by atoms with Crippen molar-refractivity contribution in [2.45, 2.75) is 12.6 Å². The fourth-order valence-corrected chi connectivity index (χ4v) is 4.02. The Labute approximate surface area is 170 Å². The molecular formula is C21H28FN3O2S. The molecule has 3 rings (SSSR count). The van der Waals surface area contributed by atoms with Gasteiger partial charge in [0.05, 0.1) is 12.7 Å². The number of ether oxygens (including phenoxy) is 1. The first-order chi connectivity index (χ1) is 13.5. The third-order valence-corrected chi connectivity index (χ3v) is 5.66. The molecule has 1 unspecified atom stereocenters. The van der Waals surface area contributed by atoms with Gasteiger partial charge in [-0.1, -0.05) is 6.07 Å². The first-order valence-corrected chi connectivity index (χ1v) is 10.4. The fraction of sp³-hybridized carbons (Fsp3) is 0.476. The van der Waals surface area contributed by atoms with Crippen molar-refractivity contribution in [2.75, 3.05) is 53.4 Å². The number of halogens is 1. The Balaban J connectivity index is 1.64. The quantitative estimate of drug-likeness (QED) is 0.677. The van der Waals surface area contributed by atoms with E-state index in [-0.39, 0.29) is 17.8 Å². The van der Waals surface area contributed by atoms with Crippen LogP contribution in [0.2, 0.25) is 0 Å². The SMILES string of the molecule is CN(C)CCN(CC1CN(Cc2cccs2)CCO1)C(=O)c1ccc(F)cc1. The minimum absolute atomic E-state index is 0.0275. The van der Waals surface area contributed by atoms with E-state index >= 15 is 0 Å². The van der Waals surface area contributed by atoms with Gasteiger partial charge in [0.15, 0.2) is 0 Å². The molecule has 0 N–H and O–H groups in total. The smallest absolute Gasteiger partial charge is 0.253 e. The Morgan fingerprint density at radius 1 is 1.25 bits per heavy atom. The molecule has 1 aliphatic heterocycles. The van der Waals surface area contributed by atoms with Gasteiger partial charge in [-0.05, 0) is 49.8 Å². The molecule has 0 saturated carbocycles. The third kappa shape index (κ3) is 6.10. The number of carbonyl (C=O) groups is 1. The van der Waals surface area contributed by atoms with Crippen LogP contribution in [0.15, 0.2) is 41.8 Å². The molecule has 152 valence electrons. The van der Waals surface area contributed by atoms with Crippen molar-refractivity contribution in [1.29, 1.82) is 0 Å². The van der Waals surface area contributed by atoms with Gasteiger partial charge >= 0.3 is 0 Å². The van der Waals surface area contributed by atoms with Gasteiger partial charge in [-0.25, -0.2) is 4.39 Å². The van der Waals surface area contributed by atoms with Crippen molar-refractivity contribution >= 4 is 17.2 Å². The monoisotopic (exact) mass is 405 g/mol. The summed E-state index contributed by atoms with van der Waals surface area (Å²) in [6.07, 6.45) is -0.0275. The Hall–Kier alpha value is -1.80. The van der Waals surface area contributed by atoms with E-state index in [1.807, 2.05) is 19.0 Å². The Bertz CT molecular complexity index is 737. The largest absolute Gasteiger partial charge is 0.374 e. The number of carbonyl (C=O) groups excluding carboxylic acids is 1. The highest BCUT2D eigenvalue weighted by atomic mass is 32.1. The molecule has 1 aromatic heterocycles. The number of rotatable bonds is 8. The highest BCUT2D eigenvalue weighted by molar-refractivity contribution is 7.09. The zero-order chi connectivity index (χ0) is 19.9. The summed E-state index contributed by atoms with van der Waals surface area (Å²) in [5.74, 6) is -0.419. The molecule has 0 aliphatic carbocycles. The van der Waals surface area contributed by atoms with Crippen LogP contribution < -0.4 is 0 Å². The molecule has 1 saturated heterocycles. The molecule has 28 heavy (non-hydrogen) atoms. The van der Waals surface area contributed by atoms with Crippen LogP contribution in [-0.2, 0) is 11.3 Å². The molecule has 2 aromatic rings. The first-order valence-electron chi connectivity index (χ1n) is 9.57. The van der Waals surface area contributed by atoms with Crippen molar-refractivity contribution in [1.82, 2.24) is 14.7 Å². The predicted octanol–water partition coefficient (Wildman–Crippen LogP) is 2.79. The first kappa shape index (κ1) is 20.9. The van der Waals surface area contributed by atoms with Crippen molar-refractivity contribution in [3.63, 3.8) is 0 Å². The number of likely N-dealkylation sites (N-methyl/N-ethyl adjacent to an activating group) is 1. The Morgan fingerprint density at radius 3 is 2.71 bits per heavy atom. The topological polar surface area (TPSA) is 36.0 Å². The maximum atomic E-state index is 13.2. The summed E-state index contributed by atoms with van der Waals surface area (Å²) in [4.78, 5) is 20.6. The summed E-state index contributed by atoms with van der Waals surface area (Å²) in [6, 6.07) is 9.98. The van der Waals surface area contributed by atoms with Gasteiger partial charge in [0.1, 0.15) is 5.82 Å². The highest BCUT2D eigenvalue weighted by Crippen LogP contribution is 2.16. The number of nitrogens with zero attached hydrogens (tertiary/aromatic N) is 3. The zero-order valence-electron chi connectivity index (χ0n) is 16.5. The standard InChI is InChI=1S/C21H28FN3O2S/c1-23(2)9-10-25(21(26)17-5-7-18(22)8-6-17)15-19-14-24(11-12-27-19)16-20-4-3-13-28-20/h3-8,13,19H,9-12,14-16H2,1-2H3. The molecule has 0 radical (unpaired) electrons. The van der Waals surface area contributed by atoms with E-state index in [2.05, 4.69) is 27.3 Å². The lowest BCUT2D eigenvalue weighted by atomic mass is 10.1. The van der Waals surface area contributed by atoms with Crippen LogP contribution in [-0.4, -0.2) is 80.1 Å². The third-order valence-electron chi connectivity index (χ3n) is 4.80. The molecule has 0 spiro atoms. The summed E-state index contributed by atoms with van der Waals surface area (Å²) in [5.41, 5.74) is 0.506. The van der Waals surface area contributed by atoms with Crippen LogP contribution >= 0.6 is 11.3 Å². The normalized spacial score (nSPS) is 17.8. The minimum Gasteiger partial charge on any atom is -0.374 e. The van der Waals surface area contributed by atoms with Crippen LogP contribution in [0.1, 0.15) is 15.2 Å². The van der Waals surface area contributed by atoms with E-state index in [9.17, 15) is 9.18 Å². The molecule has 1 atom stereocenters. The van der Waals surface area contributed by atoms with Crippen LogP contribution in [0, 0.1) is 5.82 Å². The molecule has 0 bridgehead atoms. The molecule has 2 heterocycles. The summed E-state index contributed by atoms with van der Waals surface area (Å²) in [7, 11) is 3.97. The number of hydrogen-bond donors (Lipinski definition) is 0. The van der Waals surface area contributed by atoms with E-state index in [0.717, 1.165) is 26.2 Å². The van der Waals surface area contributed by atoms with Crippen LogP contribution in [0.4, 0.5) is 4.39 Å². The van der Waals surface area contributed by atoms with E-state index in [1.54, 1.807) is 23.5 Å². The van der Waals surface area contributed by atoms with Crippen molar-refractivity contribution in [2.24, 2.45) is 0 Å². The van der Waals surface area contributed by atoms with Crippen molar-refractivity contribution < 1.29 is 13.9 Å². The van der Waals surface area contributed by atoms with E-state index < -0.39 is 0 Å². The second-order valence-electron chi connectivity index (χ2n) is 7.37. The molecule has 7 heteroatoms. The van der Waals surface area contributed by atoms with E-state index in [1.165, 1.54) is 17.0 Å². The molecule has 5 nitrogen and oxygen atoms in total. The van der Waals surface area contributed by atoms with Gasteiger partial charge in [-0.3, -0.25) is 9.69 Å². The second kappa shape index (κ2) is 10.1. The number of hydrogen-bond acceptors (Lipinski definition) is 5. The van der Waals surface area contributed by atoms with Crippen LogP contribution in [0.3, 0.4) is 0 Å². The Kier molecular flexibility index (Phi) is 7.56. The van der Waals surface area contributed by atoms with Gasteiger partial charge in [0.2, 0.25) is 0 Å². The highest BCUT2D eigenvalue weighted by Gasteiger charge is 2.26. The Morgan fingerprint density at radius 2 is 2.04 bits per heavy atom. The van der Waals surface area contributed by atoms with Crippen molar-refractivity contribution in [3.05, 3.63) is 58.0 Å². The van der Waals surface area contributed by atoms with Crippen LogP contribution in [0.5, 0.6) is 0 Å². The van der Waals surface area contributed by atoms with Crippen molar-refractivity contribution in [3.8, 4) is 0 Å². The van der Waals surface area contributed by atoms with Gasteiger partial charge in [-0.15, -0.1) is 11.3 Å². The van der Waals surface area contributed by atoms with Crippen LogP contribution in [0.25, 0.3) is 0 Å². The summed E-state index contributed by atoms with van der Waals surface area (Å²) in [5, 5.41) is 2.09. The second-order valence-corrected chi connectivity index (χ2v) is 8.40. The summed E-state index contributed by atoms with van der Waals surface area (Å²) in [6.45, 7) is 5.19. The zero-order valence-corrected chi connectivity index (χ0v) is 17.3. The van der Waals surface area contributed by atoms with Gasteiger partial charge < -0.3 is 14.5 Å². The van der Waals surface area contributed by atoms with E-state index in [0.29, 0.717) is 25.3 Å². The van der Waals surface area contributed by atoms with Gasteiger partial charge in [-0.2, -0.15) is 0 Å². The lowest BCUT2D eigenvalue weighted by Crippen LogP contribution is -2.49.